The van der Waals surface area contributed by atoms with Gasteiger partial charge in [-0.05, 0) is 0 Å². The van der Waals surface area contributed by atoms with Crippen LogP contribution < -0.4 is 11.5 Å². The first-order chi connectivity index (χ1) is 3.65. The van der Waals surface area contributed by atoms with Gasteiger partial charge in [-0.15, -0.1) is 0 Å². The van der Waals surface area contributed by atoms with Gasteiger partial charge in [0.1, 0.15) is 0 Å². The van der Waals surface area contributed by atoms with Crippen molar-refractivity contribution >= 4 is 7.32 Å². The fourth-order valence-electron chi connectivity index (χ4n) is 0. The molecule has 0 aliphatic heterocycles. The molecule has 0 amide bonds. The largest absolute Gasteiger partial charge is 0.631 e. The van der Waals surface area contributed by atoms with E-state index in [2.05, 4.69) is 0 Å². The molecule has 0 unspecified atom stereocenters. The second kappa shape index (κ2) is 9.98. The molecule has 8 heavy (non-hydrogen) atoms. The fourth-order valence-corrected chi connectivity index (χ4v) is 0. The highest BCUT2D eigenvalue weighted by Crippen LogP contribution is 1.40. The fraction of sp³-hybridized carbons (Fsp3) is 1.00. The lowest BCUT2D eigenvalue weighted by molar-refractivity contribution is 0.278. The SMILES string of the molecule is NCCN.OB(O)O. The Kier molecular flexibility index (Phi) is 13.4. The molecule has 0 fully saturated rings. The molecule has 0 aliphatic rings. The smallest absolute Gasteiger partial charge is 0.402 e. The summed E-state index contributed by atoms with van der Waals surface area (Å²) in [4.78, 5) is 0. The van der Waals surface area contributed by atoms with E-state index in [0.29, 0.717) is 13.1 Å². The van der Waals surface area contributed by atoms with E-state index in [1.165, 1.54) is 0 Å². The van der Waals surface area contributed by atoms with Crippen molar-refractivity contribution in [2.75, 3.05) is 13.1 Å². The summed E-state index contributed by atoms with van der Waals surface area (Å²) in [6.45, 7) is 1.19. The van der Waals surface area contributed by atoms with Crippen LogP contribution in [0.3, 0.4) is 0 Å². The van der Waals surface area contributed by atoms with Crippen molar-refractivity contribution in [3.05, 3.63) is 0 Å². The van der Waals surface area contributed by atoms with Gasteiger partial charge in [-0.25, -0.2) is 0 Å². The van der Waals surface area contributed by atoms with Crippen LogP contribution in [0.1, 0.15) is 0 Å². The summed E-state index contributed by atoms with van der Waals surface area (Å²) < 4.78 is 0. The van der Waals surface area contributed by atoms with Crippen molar-refractivity contribution in [3.8, 4) is 0 Å². The molecule has 6 heteroatoms. The predicted octanol–water partition coefficient (Wildman–Crippen LogP) is -3.15. The van der Waals surface area contributed by atoms with Crippen LogP contribution in [0, 0.1) is 0 Å². The maximum Gasteiger partial charge on any atom is 0.631 e. The standard InChI is InChI=1S/C2H8N2.BH3O3/c3-1-2-4;2-1(3)4/h1-4H2;2-4H. The molecule has 0 bridgehead atoms. The Bertz CT molecular complexity index is 31.7. The Labute approximate surface area is 48.1 Å². The summed E-state index contributed by atoms with van der Waals surface area (Å²) in [5, 5.41) is 21.5. The summed E-state index contributed by atoms with van der Waals surface area (Å²) in [5.41, 5.74) is 9.81. The van der Waals surface area contributed by atoms with Crippen LogP contribution >= 0.6 is 0 Å². The minimum Gasteiger partial charge on any atom is -0.402 e. The van der Waals surface area contributed by atoms with Crippen LogP contribution in [0.15, 0.2) is 0 Å². The highest BCUT2D eigenvalue weighted by atomic mass is 16.5. The first-order valence-corrected chi connectivity index (χ1v) is 2.09. The maximum absolute atomic E-state index is 7.17. The van der Waals surface area contributed by atoms with Crippen molar-refractivity contribution < 1.29 is 15.1 Å². The highest BCUT2D eigenvalue weighted by Gasteiger charge is 1.92. The molecule has 7 N–H and O–H groups in total. The molecule has 0 aromatic heterocycles. The summed E-state index contributed by atoms with van der Waals surface area (Å²) in [7, 11) is -2.17. The van der Waals surface area contributed by atoms with Crippen LogP contribution in [-0.4, -0.2) is 35.5 Å². The van der Waals surface area contributed by atoms with E-state index in [4.69, 9.17) is 26.5 Å². The number of hydrogen-bond donors (Lipinski definition) is 5. The molecule has 0 saturated carbocycles. The van der Waals surface area contributed by atoms with Gasteiger partial charge < -0.3 is 26.5 Å². The summed E-state index contributed by atoms with van der Waals surface area (Å²) in [6, 6.07) is 0. The summed E-state index contributed by atoms with van der Waals surface area (Å²) >= 11 is 0. The van der Waals surface area contributed by atoms with E-state index in [1.807, 2.05) is 0 Å². The molecule has 50 valence electrons. The van der Waals surface area contributed by atoms with E-state index in [9.17, 15) is 0 Å². The molecular weight excluding hydrogens is 111 g/mol. The monoisotopic (exact) mass is 122 g/mol. The van der Waals surface area contributed by atoms with Gasteiger partial charge in [-0.2, -0.15) is 0 Å². The maximum atomic E-state index is 7.17. The van der Waals surface area contributed by atoms with Crippen LogP contribution in [0.2, 0.25) is 0 Å². The molecule has 0 rings (SSSR count). The molecule has 0 spiro atoms. The highest BCUT2D eigenvalue weighted by molar-refractivity contribution is 6.30. The molecule has 0 radical (unpaired) electrons. The van der Waals surface area contributed by atoms with Gasteiger partial charge in [0.05, 0.1) is 0 Å². The summed E-state index contributed by atoms with van der Waals surface area (Å²) in [6.07, 6.45) is 0. The Morgan fingerprint density at radius 2 is 1.12 bits per heavy atom. The summed E-state index contributed by atoms with van der Waals surface area (Å²) in [5.74, 6) is 0. The number of rotatable bonds is 1. The Morgan fingerprint density at radius 1 is 1.00 bits per heavy atom. The van der Waals surface area contributed by atoms with Crippen molar-refractivity contribution in [1.82, 2.24) is 0 Å². The molecule has 0 heterocycles. The molecule has 0 aromatic carbocycles. The third kappa shape index (κ3) is 186. The Balaban J connectivity index is 0. The van der Waals surface area contributed by atoms with Gasteiger partial charge in [-0.3, -0.25) is 0 Å². The molecule has 0 saturated heterocycles. The molecular formula is C2H11BN2O3. The van der Waals surface area contributed by atoms with Crippen molar-refractivity contribution in [2.45, 2.75) is 0 Å². The van der Waals surface area contributed by atoms with Gasteiger partial charge in [-0.1, -0.05) is 0 Å². The Morgan fingerprint density at radius 3 is 1.12 bits per heavy atom. The van der Waals surface area contributed by atoms with Gasteiger partial charge in [0.2, 0.25) is 0 Å². The minimum absolute atomic E-state index is 0.597. The molecule has 5 nitrogen and oxygen atoms in total. The lowest BCUT2D eigenvalue weighted by atomic mass is 10.3. The van der Waals surface area contributed by atoms with Crippen LogP contribution in [0.25, 0.3) is 0 Å². The molecule has 0 aliphatic carbocycles. The van der Waals surface area contributed by atoms with Crippen molar-refractivity contribution in [2.24, 2.45) is 11.5 Å². The predicted molar refractivity (Wildman–Crippen MR) is 30.5 cm³/mol. The van der Waals surface area contributed by atoms with E-state index in [0.717, 1.165) is 0 Å². The van der Waals surface area contributed by atoms with Crippen LogP contribution in [0.4, 0.5) is 0 Å². The average Bonchev–Trinajstić information content (AvgIpc) is 1.65. The first kappa shape index (κ1) is 10.8. The normalized spacial score (nSPS) is 7.12. The van der Waals surface area contributed by atoms with E-state index in [1.54, 1.807) is 0 Å². The minimum atomic E-state index is -2.17. The van der Waals surface area contributed by atoms with Crippen LogP contribution in [0.5, 0.6) is 0 Å². The number of nitrogens with two attached hydrogens (primary N) is 2. The second-order valence-corrected chi connectivity index (χ2v) is 0.924. The zero-order chi connectivity index (χ0) is 6.99. The quantitative estimate of drug-likeness (QED) is 0.236. The molecule has 0 aromatic rings. The van der Waals surface area contributed by atoms with Gasteiger partial charge >= 0.3 is 7.32 Å². The van der Waals surface area contributed by atoms with Gasteiger partial charge in [0.15, 0.2) is 0 Å². The van der Waals surface area contributed by atoms with E-state index in [-0.39, 0.29) is 0 Å². The first-order valence-electron chi connectivity index (χ1n) is 2.09. The van der Waals surface area contributed by atoms with Gasteiger partial charge in [0.25, 0.3) is 0 Å². The zero-order valence-corrected chi connectivity index (χ0v) is 4.49. The van der Waals surface area contributed by atoms with Gasteiger partial charge in [0, 0.05) is 13.1 Å². The second-order valence-electron chi connectivity index (χ2n) is 0.924. The van der Waals surface area contributed by atoms with E-state index < -0.39 is 7.32 Å². The van der Waals surface area contributed by atoms with E-state index >= 15 is 0 Å². The topological polar surface area (TPSA) is 113 Å². The van der Waals surface area contributed by atoms with Crippen LogP contribution in [-0.2, 0) is 0 Å². The third-order valence-corrected chi connectivity index (χ3v) is 0.167. The lowest BCUT2D eigenvalue weighted by Gasteiger charge is -1.72. The number of hydrogen-bond acceptors (Lipinski definition) is 5. The zero-order valence-electron chi connectivity index (χ0n) is 4.49. The lowest BCUT2D eigenvalue weighted by Crippen LogP contribution is -2.11. The van der Waals surface area contributed by atoms with Crippen molar-refractivity contribution in [1.29, 1.82) is 0 Å². The third-order valence-electron chi connectivity index (χ3n) is 0.167. The average molecular weight is 122 g/mol. The Hall–Kier alpha value is -0.135. The van der Waals surface area contributed by atoms with Crippen molar-refractivity contribution in [3.63, 3.8) is 0 Å². The molecule has 0 atom stereocenters.